The van der Waals surface area contributed by atoms with E-state index < -0.39 is 5.82 Å². The minimum Gasteiger partial charge on any atom is -0.367 e. The standard InChI is InChI=1S/C28H28FN9O/c1-37-7-9-38(10-8-37)22-5-6-31-26-25(22)33-27(34-26)24-20-12-17(13-21(29)23(20)35-36-24)18-11-19(15-30-14-18)32-28(39)16-3-2-4-16/h5-6,11-16H,2-4,7-10H2,1H3,(H,32,39)(H,35,36)(H,31,33,34). The van der Waals surface area contributed by atoms with E-state index in [9.17, 15) is 4.79 Å². The van der Waals surface area contributed by atoms with Crippen molar-refractivity contribution in [3.05, 3.63) is 48.7 Å². The molecule has 1 saturated carbocycles. The molecule has 11 heteroatoms. The van der Waals surface area contributed by atoms with Crippen LogP contribution in [0.2, 0.25) is 0 Å². The number of rotatable bonds is 5. The van der Waals surface area contributed by atoms with Crippen molar-refractivity contribution in [2.24, 2.45) is 5.92 Å². The highest BCUT2D eigenvalue weighted by Gasteiger charge is 2.25. The summed E-state index contributed by atoms with van der Waals surface area (Å²) in [5.74, 6) is 0.151. The zero-order chi connectivity index (χ0) is 26.5. The van der Waals surface area contributed by atoms with Crippen LogP contribution in [-0.2, 0) is 4.79 Å². The summed E-state index contributed by atoms with van der Waals surface area (Å²) in [6.07, 6.45) is 7.95. The molecule has 7 rings (SSSR count). The number of halogens is 1. The van der Waals surface area contributed by atoms with Gasteiger partial charge in [-0.05, 0) is 49.7 Å². The van der Waals surface area contributed by atoms with Gasteiger partial charge < -0.3 is 20.1 Å². The zero-order valence-electron chi connectivity index (χ0n) is 21.5. The van der Waals surface area contributed by atoms with Crippen molar-refractivity contribution in [1.29, 1.82) is 0 Å². The lowest BCUT2D eigenvalue weighted by atomic mass is 9.85. The van der Waals surface area contributed by atoms with E-state index in [0.29, 0.717) is 39.4 Å². The number of pyridine rings is 2. The van der Waals surface area contributed by atoms with Crippen molar-refractivity contribution in [3.63, 3.8) is 0 Å². The smallest absolute Gasteiger partial charge is 0.227 e. The number of benzene rings is 1. The molecular formula is C28H28FN9O. The minimum atomic E-state index is -0.457. The molecule has 1 saturated heterocycles. The fourth-order valence-corrected chi connectivity index (χ4v) is 5.33. The van der Waals surface area contributed by atoms with Crippen LogP contribution < -0.4 is 10.2 Å². The Morgan fingerprint density at radius 3 is 2.74 bits per heavy atom. The quantitative estimate of drug-likeness (QED) is 0.315. The van der Waals surface area contributed by atoms with Crippen molar-refractivity contribution in [2.45, 2.75) is 19.3 Å². The third kappa shape index (κ3) is 4.28. The minimum absolute atomic E-state index is 0.00777. The van der Waals surface area contributed by atoms with Gasteiger partial charge in [0.15, 0.2) is 17.3 Å². The lowest BCUT2D eigenvalue weighted by Gasteiger charge is -2.34. The van der Waals surface area contributed by atoms with Gasteiger partial charge in [0.2, 0.25) is 5.91 Å². The number of aromatic amines is 2. The first-order valence-corrected chi connectivity index (χ1v) is 13.3. The van der Waals surface area contributed by atoms with Gasteiger partial charge in [-0.25, -0.2) is 14.4 Å². The third-order valence-corrected chi connectivity index (χ3v) is 7.88. The molecule has 1 amide bonds. The number of likely N-dealkylation sites (N-methyl/N-ethyl adjacent to an activating group) is 1. The molecule has 5 aromatic rings. The molecule has 0 spiro atoms. The van der Waals surface area contributed by atoms with E-state index in [4.69, 9.17) is 4.98 Å². The highest BCUT2D eigenvalue weighted by atomic mass is 19.1. The number of carbonyl (C=O) groups excluding carboxylic acids is 1. The number of H-pyrrole nitrogens is 2. The average Bonchev–Trinajstić information content (AvgIpc) is 3.53. The highest BCUT2D eigenvalue weighted by Crippen LogP contribution is 2.34. The lowest BCUT2D eigenvalue weighted by Crippen LogP contribution is -2.44. The van der Waals surface area contributed by atoms with E-state index in [1.165, 1.54) is 6.07 Å². The molecule has 5 heterocycles. The molecule has 1 aliphatic heterocycles. The highest BCUT2D eigenvalue weighted by molar-refractivity contribution is 5.98. The van der Waals surface area contributed by atoms with Crippen LogP contribution in [0, 0.1) is 11.7 Å². The van der Waals surface area contributed by atoms with Crippen molar-refractivity contribution < 1.29 is 9.18 Å². The largest absolute Gasteiger partial charge is 0.367 e. The van der Waals surface area contributed by atoms with Gasteiger partial charge in [0.1, 0.15) is 16.7 Å². The van der Waals surface area contributed by atoms with Gasteiger partial charge in [0.25, 0.3) is 0 Å². The van der Waals surface area contributed by atoms with Crippen LogP contribution in [0.4, 0.5) is 15.8 Å². The SMILES string of the molecule is CN1CCN(c2ccnc3nc(-c4[nH]nc5c(F)cc(-c6cncc(NC(=O)C7CCC7)c6)cc45)[nH]c23)CC1. The van der Waals surface area contributed by atoms with Crippen LogP contribution in [0.25, 0.3) is 44.7 Å². The predicted octanol–water partition coefficient (Wildman–Crippen LogP) is 4.19. The summed E-state index contributed by atoms with van der Waals surface area (Å²) in [6, 6.07) is 7.13. The molecule has 0 unspecified atom stereocenters. The normalized spacial score (nSPS) is 16.6. The molecular weight excluding hydrogens is 497 g/mol. The van der Waals surface area contributed by atoms with Crippen LogP contribution in [-0.4, -0.2) is 74.2 Å². The maximum atomic E-state index is 15.2. The van der Waals surface area contributed by atoms with E-state index in [-0.39, 0.29) is 17.3 Å². The number of imidazole rings is 1. The summed E-state index contributed by atoms with van der Waals surface area (Å²) in [6.45, 7) is 3.80. The van der Waals surface area contributed by atoms with Gasteiger partial charge in [0.05, 0.1) is 17.6 Å². The van der Waals surface area contributed by atoms with Crippen molar-refractivity contribution in [1.82, 2.24) is 35.0 Å². The molecule has 0 bridgehead atoms. The first kappa shape index (κ1) is 23.7. The molecule has 0 radical (unpaired) electrons. The second-order valence-corrected chi connectivity index (χ2v) is 10.4. The Morgan fingerprint density at radius 2 is 1.95 bits per heavy atom. The Balaban J connectivity index is 1.25. The average molecular weight is 526 g/mol. The lowest BCUT2D eigenvalue weighted by molar-refractivity contribution is -0.122. The Morgan fingerprint density at radius 1 is 1.10 bits per heavy atom. The summed E-state index contributed by atoms with van der Waals surface area (Å²) in [4.78, 5) is 34.0. The molecule has 2 fully saturated rings. The molecule has 1 aromatic carbocycles. The Bertz CT molecular complexity index is 1700. The zero-order valence-corrected chi connectivity index (χ0v) is 21.5. The molecule has 3 N–H and O–H groups in total. The van der Waals surface area contributed by atoms with E-state index in [1.807, 2.05) is 18.2 Å². The number of nitrogens with zero attached hydrogens (tertiary/aromatic N) is 6. The number of hydrogen-bond acceptors (Lipinski definition) is 7. The summed E-state index contributed by atoms with van der Waals surface area (Å²) >= 11 is 0. The molecule has 10 nitrogen and oxygen atoms in total. The van der Waals surface area contributed by atoms with E-state index in [1.54, 1.807) is 18.6 Å². The van der Waals surface area contributed by atoms with Gasteiger partial charge >= 0.3 is 0 Å². The van der Waals surface area contributed by atoms with Crippen molar-refractivity contribution in [2.75, 3.05) is 43.4 Å². The second kappa shape index (κ2) is 9.42. The van der Waals surface area contributed by atoms with Gasteiger partial charge in [-0.15, -0.1) is 0 Å². The topological polar surface area (TPSA) is 119 Å². The molecule has 1 aliphatic carbocycles. The van der Waals surface area contributed by atoms with Crippen LogP contribution >= 0.6 is 0 Å². The summed E-state index contributed by atoms with van der Waals surface area (Å²) in [5.41, 5.74) is 5.21. The van der Waals surface area contributed by atoms with Gasteiger partial charge in [-0.1, -0.05) is 6.42 Å². The molecule has 2 aliphatic rings. The number of carbonyl (C=O) groups is 1. The van der Waals surface area contributed by atoms with Crippen molar-refractivity contribution >= 4 is 39.3 Å². The number of piperazine rings is 1. The van der Waals surface area contributed by atoms with Crippen LogP contribution in [0.1, 0.15) is 19.3 Å². The number of amides is 1. The number of fused-ring (bicyclic) bond motifs is 2. The van der Waals surface area contributed by atoms with E-state index >= 15 is 4.39 Å². The van der Waals surface area contributed by atoms with E-state index in [2.05, 4.69) is 47.3 Å². The Kier molecular flexibility index (Phi) is 5.73. The van der Waals surface area contributed by atoms with Crippen LogP contribution in [0.3, 0.4) is 0 Å². The first-order valence-electron chi connectivity index (χ1n) is 13.3. The summed E-state index contributed by atoms with van der Waals surface area (Å²) in [5, 5.41) is 10.8. The molecule has 39 heavy (non-hydrogen) atoms. The molecule has 4 aromatic heterocycles. The Hall–Kier alpha value is -4.38. The maximum absolute atomic E-state index is 15.2. The maximum Gasteiger partial charge on any atom is 0.227 e. The monoisotopic (exact) mass is 525 g/mol. The van der Waals surface area contributed by atoms with Gasteiger partial charge in [-0.3, -0.25) is 14.9 Å². The first-order chi connectivity index (χ1) is 19.0. The van der Waals surface area contributed by atoms with Crippen LogP contribution in [0.15, 0.2) is 42.9 Å². The third-order valence-electron chi connectivity index (χ3n) is 7.88. The number of hydrogen-bond donors (Lipinski definition) is 3. The number of anilines is 2. The predicted molar refractivity (Wildman–Crippen MR) is 148 cm³/mol. The number of aromatic nitrogens is 6. The Labute approximate surface area is 223 Å². The van der Waals surface area contributed by atoms with Crippen LogP contribution in [0.5, 0.6) is 0 Å². The van der Waals surface area contributed by atoms with Gasteiger partial charge in [-0.2, -0.15) is 5.10 Å². The fourth-order valence-electron chi connectivity index (χ4n) is 5.33. The summed E-state index contributed by atoms with van der Waals surface area (Å²) < 4.78 is 15.2. The fraction of sp³-hybridized carbons (Fsp3) is 0.321. The van der Waals surface area contributed by atoms with Crippen molar-refractivity contribution in [3.8, 4) is 22.6 Å². The number of nitrogens with one attached hydrogen (secondary N) is 3. The molecule has 0 atom stereocenters. The van der Waals surface area contributed by atoms with E-state index in [0.717, 1.165) is 56.6 Å². The summed E-state index contributed by atoms with van der Waals surface area (Å²) in [7, 11) is 2.13. The van der Waals surface area contributed by atoms with Gasteiger partial charge in [0, 0.05) is 55.4 Å². The second-order valence-electron chi connectivity index (χ2n) is 10.4. The molecule has 198 valence electrons.